The van der Waals surface area contributed by atoms with E-state index in [4.69, 9.17) is 0 Å². The van der Waals surface area contributed by atoms with Gasteiger partial charge in [0, 0.05) is 57.4 Å². The maximum Gasteiger partial charge on any atom is 0.390 e. The summed E-state index contributed by atoms with van der Waals surface area (Å²) in [7, 11) is 3.27. The van der Waals surface area contributed by atoms with Gasteiger partial charge in [-0.1, -0.05) is 24.3 Å². The van der Waals surface area contributed by atoms with Crippen LogP contribution < -0.4 is 0 Å². The number of aromatic nitrogens is 2. The van der Waals surface area contributed by atoms with E-state index in [0.29, 0.717) is 19.0 Å². The molecule has 0 saturated carbocycles. The number of halogens is 3. The summed E-state index contributed by atoms with van der Waals surface area (Å²) in [6.45, 7) is 1.06. The molecule has 5 nitrogen and oxygen atoms in total. The number of nitrogens with zero attached hydrogens (tertiary/aromatic N) is 4. The summed E-state index contributed by atoms with van der Waals surface area (Å²) in [5.74, 6) is -0.261. The third kappa shape index (κ3) is 4.03. The topological polar surface area (TPSA) is 41.4 Å². The van der Waals surface area contributed by atoms with Crippen molar-refractivity contribution in [3.05, 3.63) is 52.3 Å². The average molecular weight is 406 g/mol. The molecule has 0 N–H and O–H groups in total. The van der Waals surface area contributed by atoms with Crippen molar-refractivity contribution in [2.45, 2.75) is 51.0 Å². The maximum atomic E-state index is 12.7. The van der Waals surface area contributed by atoms with Crippen molar-refractivity contribution in [2.75, 3.05) is 20.6 Å². The number of amides is 1. The van der Waals surface area contributed by atoms with Crippen LogP contribution in [0.1, 0.15) is 39.3 Å². The van der Waals surface area contributed by atoms with Crippen LogP contribution in [0.5, 0.6) is 0 Å². The molecular weight excluding hydrogens is 381 g/mol. The van der Waals surface area contributed by atoms with Crippen LogP contribution in [0.25, 0.3) is 0 Å². The summed E-state index contributed by atoms with van der Waals surface area (Å²) in [4.78, 5) is 16.4. The highest BCUT2D eigenvalue weighted by Crippen LogP contribution is 2.31. The van der Waals surface area contributed by atoms with Crippen LogP contribution in [0.2, 0.25) is 0 Å². The second-order valence-corrected chi connectivity index (χ2v) is 8.11. The molecular formula is C21H25F3N4O. The Bertz CT molecular complexity index is 894. The molecule has 0 spiro atoms. The lowest BCUT2D eigenvalue weighted by molar-refractivity contribution is -0.137. The van der Waals surface area contributed by atoms with E-state index < -0.39 is 12.6 Å². The molecule has 29 heavy (non-hydrogen) atoms. The first-order chi connectivity index (χ1) is 13.7. The van der Waals surface area contributed by atoms with Crippen molar-refractivity contribution in [1.82, 2.24) is 19.6 Å². The monoisotopic (exact) mass is 406 g/mol. The van der Waals surface area contributed by atoms with E-state index in [0.717, 1.165) is 30.6 Å². The van der Waals surface area contributed by atoms with Gasteiger partial charge in [-0.2, -0.15) is 18.3 Å². The normalized spacial score (nSPS) is 17.3. The molecule has 1 aromatic heterocycles. The smallest absolute Gasteiger partial charge is 0.343 e. The first-order valence-electron chi connectivity index (χ1n) is 9.90. The first kappa shape index (κ1) is 19.9. The molecule has 0 bridgehead atoms. The predicted molar refractivity (Wildman–Crippen MR) is 103 cm³/mol. The van der Waals surface area contributed by atoms with Crippen molar-refractivity contribution in [1.29, 1.82) is 0 Å². The number of aryl methyl sites for hydroxylation is 1. The summed E-state index contributed by atoms with van der Waals surface area (Å²) < 4.78 is 39.6. The Labute approximate surface area is 168 Å². The summed E-state index contributed by atoms with van der Waals surface area (Å²) in [5, 5.41) is 4.32. The number of carbonyl (C=O) groups excluding carboxylic acids is 1. The number of hydrogen-bond acceptors (Lipinski definition) is 3. The maximum absolute atomic E-state index is 12.7. The van der Waals surface area contributed by atoms with Crippen molar-refractivity contribution in [3.8, 4) is 0 Å². The lowest BCUT2D eigenvalue weighted by Crippen LogP contribution is -2.40. The molecule has 0 fully saturated rings. The molecule has 0 atom stereocenters. The number of carbonyl (C=O) groups is 1. The fourth-order valence-corrected chi connectivity index (χ4v) is 4.42. The minimum atomic E-state index is -4.25. The highest BCUT2D eigenvalue weighted by Gasteiger charge is 2.35. The Morgan fingerprint density at radius 3 is 2.45 bits per heavy atom. The van der Waals surface area contributed by atoms with Crippen LogP contribution in [0.15, 0.2) is 24.3 Å². The van der Waals surface area contributed by atoms with Gasteiger partial charge >= 0.3 is 6.18 Å². The highest BCUT2D eigenvalue weighted by molar-refractivity contribution is 5.93. The van der Waals surface area contributed by atoms with Gasteiger partial charge in [0.15, 0.2) is 5.69 Å². The van der Waals surface area contributed by atoms with Crippen LogP contribution in [0.3, 0.4) is 0 Å². The zero-order chi connectivity index (χ0) is 20.8. The van der Waals surface area contributed by atoms with Crippen molar-refractivity contribution >= 4 is 5.91 Å². The SMILES string of the molecule is CN(C)C(=O)c1nn(CCC(F)(F)F)c2c1CN(C1Cc3ccccc3C1)CC2. The highest BCUT2D eigenvalue weighted by atomic mass is 19.4. The molecule has 4 rings (SSSR count). The summed E-state index contributed by atoms with van der Waals surface area (Å²) in [6.07, 6.45) is -2.66. The molecule has 0 radical (unpaired) electrons. The first-order valence-corrected chi connectivity index (χ1v) is 9.90. The fraction of sp³-hybridized carbons (Fsp3) is 0.524. The Morgan fingerprint density at radius 2 is 1.86 bits per heavy atom. The minimum Gasteiger partial charge on any atom is -0.343 e. The van der Waals surface area contributed by atoms with Gasteiger partial charge in [-0.15, -0.1) is 0 Å². The minimum absolute atomic E-state index is 0.249. The zero-order valence-corrected chi connectivity index (χ0v) is 16.7. The van der Waals surface area contributed by atoms with E-state index in [1.54, 1.807) is 14.1 Å². The van der Waals surface area contributed by atoms with Crippen LogP contribution in [-0.4, -0.2) is 58.3 Å². The number of fused-ring (bicyclic) bond motifs is 2. The quantitative estimate of drug-likeness (QED) is 0.784. The van der Waals surface area contributed by atoms with Gasteiger partial charge in [0.05, 0.1) is 6.42 Å². The number of benzene rings is 1. The third-order valence-corrected chi connectivity index (χ3v) is 5.93. The molecule has 2 aliphatic rings. The van der Waals surface area contributed by atoms with Gasteiger partial charge in [-0.3, -0.25) is 14.4 Å². The fourth-order valence-electron chi connectivity index (χ4n) is 4.42. The van der Waals surface area contributed by atoms with E-state index in [1.807, 2.05) is 12.1 Å². The molecule has 2 aromatic rings. The third-order valence-electron chi connectivity index (χ3n) is 5.93. The number of hydrogen-bond donors (Lipinski definition) is 0. The molecule has 1 aliphatic carbocycles. The predicted octanol–water partition coefficient (Wildman–Crippen LogP) is 3.06. The van der Waals surface area contributed by atoms with Gasteiger partial charge in [0.1, 0.15) is 0 Å². The number of rotatable bonds is 4. The van der Waals surface area contributed by atoms with Crippen LogP contribution in [0, 0.1) is 0 Å². The van der Waals surface area contributed by atoms with Crippen LogP contribution in [-0.2, 0) is 32.4 Å². The summed E-state index contributed by atoms with van der Waals surface area (Å²) >= 11 is 0. The van der Waals surface area contributed by atoms with Crippen molar-refractivity contribution in [3.63, 3.8) is 0 Å². The Kier molecular flexibility index (Phi) is 5.14. The van der Waals surface area contributed by atoms with Crippen LogP contribution >= 0.6 is 0 Å². The lowest BCUT2D eigenvalue weighted by Gasteiger charge is -2.33. The Morgan fingerprint density at radius 1 is 1.21 bits per heavy atom. The standard InChI is InChI=1S/C21H25F3N4O/c1-26(2)20(29)19-17-13-27(16-11-14-5-3-4-6-15(14)12-16)9-7-18(17)28(25-19)10-8-21(22,23)24/h3-6,16H,7-13H2,1-2H3. The molecule has 0 saturated heterocycles. The molecule has 1 amide bonds. The van der Waals surface area contributed by atoms with E-state index in [9.17, 15) is 18.0 Å². The van der Waals surface area contributed by atoms with E-state index in [2.05, 4.69) is 22.1 Å². The van der Waals surface area contributed by atoms with Gasteiger partial charge in [0.2, 0.25) is 0 Å². The average Bonchev–Trinajstić information content (AvgIpc) is 3.26. The van der Waals surface area contributed by atoms with Crippen molar-refractivity contribution in [2.24, 2.45) is 0 Å². The second kappa shape index (κ2) is 7.48. The zero-order valence-electron chi connectivity index (χ0n) is 16.7. The van der Waals surface area contributed by atoms with Crippen molar-refractivity contribution < 1.29 is 18.0 Å². The largest absolute Gasteiger partial charge is 0.390 e. The van der Waals surface area contributed by atoms with Gasteiger partial charge in [-0.05, 0) is 24.0 Å². The molecule has 1 aliphatic heterocycles. The Hall–Kier alpha value is -2.35. The molecule has 1 aromatic carbocycles. The molecule has 2 heterocycles. The van der Waals surface area contributed by atoms with Crippen LogP contribution in [0.4, 0.5) is 13.2 Å². The second-order valence-electron chi connectivity index (χ2n) is 8.11. The summed E-state index contributed by atoms with van der Waals surface area (Å²) in [5.41, 5.74) is 4.55. The molecule has 0 unspecified atom stereocenters. The number of alkyl halides is 3. The summed E-state index contributed by atoms with van der Waals surface area (Å²) in [6, 6.07) is 8.76. The molecule has 8 heteroatoms. The van der Waals surface area contributed by atoms with Gasteiger partial charge in [-0.25, -0.2) is 0 Å². The molecule has 156 valence electrons. The van der Waals surface area contributed by atoms with E-state index in [1.165, 1.54) is 20.7 Å². The lowest BCUT2D eigenvalue weighted by atomic mass is 10.0. The van der Waals surface area contributed by atoms with E-state index in [-0.39, 0.29) is 18.1 Å². The Balaban J connectivity index is 1.59. The van der Waals surface area contributed by atoms with E-state index >= 15 is 0 Å². The van der Waals surface area contributed by atoms with Gasteiger partial charge < -0.3 is 4.90 Å². The van der Waals surface area contributed by atoms with Gasteiger partial charge in [0.25, 0.3) is 5.91 Å².